The van der Waals surface area contributed by atoms with E-state index in [1.165, 1.54) is 0 Å². The Balaban J connectivity index is 2.87. The van der Waals surface area contributed by atoms with Gasteiger partial charge in [-0.25, -0.2) is 10.7 Å². The van der Waals surface area contributed by atoms with E-state index in [0.717, 1.165) is 5.56 Å². The van der Waals surface area contributed by atoms with Crippen molar-refractivity contribution >= 4 is 23.4 Å². The first kappa shape index (κ1) is 16.8. The molecule has 1 aromatic carbocycles. The van der Waals surface area contributed by atoms with Gasteiger partial charge < -0.3 is 4.74 Å². The summed E-state index contributed by atoms with van der Waals surface area (Å²) < 4.78 is 5.16. The van der Waals surface area contributed by atoms with E-state index in [2.05, 4.69) is 5.32 Å². The third kappa shape index (κ3) is 4.67. The molecule has 0 saturated heterocycles. The van der Waals surface area contributed by atoms with Gasteiger partial charge in [-0.1, -0.05) is 17.7 Å². The average molecular weight is 301 g/mol. The van der Waals surface area contributed by atoms with E-state index in [4.69, 9.17) is 27.1 Å². The molecule has 0 fully saturated rings. The highest BCUT2D eigenvalue weighted by molar-refractivity contribution is 6.33. The van der Waals surface area contributed by atoms with Crippen LogP contribution in [0.1, 0.15) is 40.2 Å². The molecule has 0 aliphatic carbocycles. The number of hydrogen-bond donors (Lipinski definition) is 2. The lowest BCUT2D eigenvalue weighted by molar-refractivity contribution is -0.0236. The van der Waals surface area contributed by atoms with Crippen LogP contribution in [-0.4, -0.2) is 11.7 Å². The standard InChI is InChI=1S/C14H21ClN2O3/c1-13(2,3)19-12(18)17-11-7-6-9(8-10(11)15)14(4,5)20-16/h6-8H,16H2,1-5H3,(H,17,18). The molecule has 1 aromatic rings. The molecule has 0 aliphatic rings. The van der Waals surface area contributed by atoms with Crippen LogP contribution in [0.15, 0.2) is 18.2 Å². The number of nitrogens with one attached hydrogen (secondary N) is 1. The van der Waals surface area contributed by atoms with Gasteiger partial charge in [0.1, 0.15) is 11.2 Å². The van der Waals surface area contributed by atoms with Gasteiger partial charge in [-0.05, 0) is 52.3 Å². The number of anilines is 1. The van der Waals surface area contributed by atoms with Crippen molar-refractivity contribution in [2.45, 2.75) is 45.8 Å². The van der Waals surface area contributed by atoms with Gasteiger partial charge in [0.25, 0.3) is 0 Å². The van der Waals surface area contributed by atoms with Crippen molar-refractivity contribution in [1.82, 2.24) is 0 Å². The van der Waals surface area contributed by atoms with Gasteiger partial charge in [0.05, 0.1) is 10.7 Å². The fraction of sp³-hybridized carbons (Fsp3) is 0.500. The summed E-state index contributed by atoms with van der Waals surface area (Å²) in [7, 11) is 0. The molecular formula is C14H21ClN2O3. The van der Waals surface area contributed by atoms with E-state index >= 15 is 0 Å². The van der Waals surface area contributed by atoms with Crippen molar-refractivity contribution < 1.29 is 14.4 Å². The highest BCUT2D eigenvalue weighted by atomic mass is 35.5. The molecule has 1 amide bonds. The molecule has 0 spiro atoms. The predicted octanol–water partition coefficient (Wildman–Crippen LogP) is 3.81. The Hall–Kier alpha value is -1.30. The Kier molecular flexibility index (Phi) is 5.02. The second-order valence-corrected chi connectivity index (χ2v) is 6.36. The zero-order valence-corrected chi connectivity index (χ0v) is 13.2. The van der Waals surface area contributed by atoms with Crippen LogP contribution < -0.4 is 11.2 Å². The van der Waals surface area contributed by atoms with Gasteiger partial charge in [-0.2, -0.15) is 0 Å². The zero-order valence-electron chi connectivity index (χ0n) is 12.4. The molecule has 0 aliphatic heterocycles. The Morgan fingerprint density at radius 3 is 2.30 bits per heavy atom. The maximum absolute atomic E-state index is 11.7. The third-order valence-corrected chi connectivity index (χ3v) is 2.91. The molecule has 0 unspecified atom stereocenters. The normalized spacial score (nSPS) is 12.2. The lowest BCUT2D eigenvalue weighted by atomic mass is 9.98. The number of benzene rings is 1. The Labute approximate surface area is 124 Å². The van der Waals surface area contributed by atoms with Crippen molar-refractivity contribution in [2.24, 2.45) is 5.90 Å². The van der Waals surface area contributed by atoms with Gasteiger partial charge in [0, 0.05) is 0 Å². The Morgan fingerprint density at radius 2 is 1.85 bits per heavy atom. The van der Waals surface area contributed by atoms with Crippen LogP contribution in [0.3, 0.4) is 0 Å². The van der Waals surface area contributed by atoms with Crippen LogP contribution in [0, 0.1) is 0 Å². The second-order valence-electron chi connectivity index (χ2n) is 5.95. The zero-order chi connectivity index (χ0) is 15.6. The van der Waals surface area contributed by atoms with Crippen molar-refractivity contribution in [1.29, 1.82) is 0 Å². The first-order valence-electron chi connectivity index (χ1n) is 6.23. The van der Waals surface area contributed by atoms with Gasteiger partial charge in [0.15, 0.2) is 0 Å². The smallest absolute Gasteiger partial charge is 0.412 e. The van der Waals surface area contributed by atoms with Crippen LogP contribution in [0.5, 0.6) is 0 Å². The minimum absolute atomic E-state index is 0.387. The highest BCUT2D eigenvalue weighted by Gasteiger charge is 2.22. The average Bonchev–Trinajstić information content (AvgIpc) is 2.29. The molecule has 20 heavy (non-hydrogen) atoms. The fourth-order valence-electron chi connectivity index (χ4n) is 1.47. The third-order valence-electron chi connectivity index (χ3n) is 2.59. The monoisotopic (exact) mass is 300 g/mol. The number of ether oxygens (including phenoxy) is 1. The van der Waals surface area contributed by atoms with Crippen molar-refractivity contribution in [3.8, 4) is 0 Å². The number of nitrogens with two attached hydrogens (primary N) is 1. The molecule has 0 aromatic heterocycles. The Bertz CT molecular complexity index is 496. The highest BCUT2D eigenvalue weighted by Crippen LogP contribution is 2.30. The largest absolute Gasteiger partial charge is 0.444 e. The Morgan fingerprint density at radius 1 is 1.25 bits per heavy atom. The fourth-order valence-corrected chi connectivity index (χ4v) is 1.70. The molecule has 0 radical (unpaired) electrons. The first-order valence-corrected chi connectivity index (χ1v) is 6.61. The van der Waals surface area contributed by atoms with E-state index < -0.39 is 17.3 Å². The molecule has 6 heteroatoms. The molecule has 1 rings (SSSR count). The molecule has 5 nitrogen and oxygen atoms in total. The van der Waals surface area contributed by atoms with E-state index in [9.17, 15) is 4.79 Å². The number of carbonyl (C=O) groups excluding carboxylic acids is 1. The van der Waals surface area contributed by atoms with E-state index in [1.807, 2.05) is 13.8 Å². The molecule has 0 bridgehead atoms. The number of carbonyl (C=O) groups is 1. The van der Waals surface area contributed by atoms with E-state index in [1.54, 1.807) is 39.0 Å². The molecule has 0 saturated carbocycles. The number of halogens is 1. The summed E-state index contributed by atoms with van der Waals surface area (Å²) in [5.74, 6) is 5.24. The summed E-state index contributed by atoms with van der Waals surface area (Å²) in [6, 6.07) is 5.16. The van der Waals surface area contributed by atoms with Crippen LogP contribution >= 0.6 is 11.6 Å². The number of amides is 1. The SMILES string of the molecule is CC(C)(C)OC(=O)Nc1ccc(C(C)(C)ON)cc1Cl. The maximum Gasteiger partial charge on any atom is 0.412 e. The summed E-state index contributed by atoms with van der Waals surface area (Å²) in [4.78, 5) is 16.6. The summed E-state index contributed by atoms with van der Waals surface area (Å²) in [5, 5.41) is 2.99. The van der Waals surface area contributed by atoms with Crippen LogP contribution in [-0.2, 0) is 15.2 Å². The molecule has 0 atom stereocenters. The van der Waals surface area contributed by atoms with Crippen LogP contribution in [0.2, 0.25) is 5.02 Å². The van der Waals surface area contributed by atoms with Crippen LogP contribution in [0.25, 0.3) is 0 Å². The minimum Gasteiger partial charge on any atom is -0.444 e. The first-order chi connectivity index (χ1) is 9.05. The van der Waals surface area contributed by atoms with E-state index in [-0.39, 0.29) is 0 Å². The summed E-state index contributed by atoms with van der Waals surface area (Å²) in [6.07, 6.45) is -0.554. The molecule has 3 N–H and O–H groups in total. The summed E-state index contributed by atoms with van der Waals surface area (Å²) in [6.45, 7) is 9.01. The summed E-state index contributed by atoms with van der Waals surface area (Å²) >= 11 is 6.14. The van der Waals surface area contributed by atoms with Crippen molar-refractivity contribution in [3.63, 3.8) is 0 Å². The van der Waals surface area contributed by atoms with Gasteiger partial charge in [-0.15, -0.1) is 0 Å². The maximum atomic E-state index is 11.7. The van der Waals surface area contributed by atoms with Crippen LogP contribution in [0.4, 0.5) is 10.5 Å². The van der Waals surface area contributed by atoms with Crippen molar-refractivity contribution in [2.75, 3.05) is 5.32 Å². The molecule has 112 valence electrons. The molecular weight excluding hydrogens is 280 g/mol. The predicted molar refractivity (Wildman–Crippen MR) is 79.6 cm³/mol. The second kappa shape index (κ2) is 5.99. The van der Waals surface area contributed by atoms with Gasteiger partial charge in [0.2, 0.25) is 0 Å². The van der Waals surface area contributed by atoms with Gasteiger partial charge in [-0.3, -0.25) is 10.2 Å². The minimum atomic E-state index is -0.659. The van der Waals surface area contributed by atoms with E-state index in [0.29, 0.717) is 10.7 Å². The molecule has 0 heterocycles. The number of hydrogen-bond acceptors (Lipinski definition) is 4. The topological polar surface area (TPSA) is 73.6 Å². The number of rotatable bonds is 3. The quantitative estimate of drug-likeness (QED) is 0.832. The lowest BCUT2D eigenvalue weighted by Crippen LogP contribution is -2.27. The lowest BCUT2D eigenvalue weighted by Gasteiger charge is -2.23. The summed E-state index contributed by atoms with van der Waals surface area (Å²) in [5.41, 5.74) is 0.0530. The van der Waals surface area contributed by atoms with Gasteiger partial charge >= 0.3 is 6.09 Å². The van der Waals surface area contributed by atoms with Crippen molar-refractivity contribution in [3.05, 3.63) is 28.8 Å².